The predicted molar refractivity (Wildman–Crippen MR) is 63.3 cm³/mol. The minimum absolute atomic E-state index is 0.0440. The molecule has 0 spiro atoms. The van der Waals surface area contributed by atoms with Crippen LogP contribution in [0.5, 0.6) is 0 Å². The fourth-order valence-corrected chi connectivity index (χ4v) is 6.17. The fourth-order valence-electron chi connectivity index (χ4n) is 0.901. The summed E-state index contributed by atoms with van der Waals surface area (Å²) in [5.74, 6) is 0. The van der Waals surface area contributed by atoms with Gasteiger partial charge < -0.3 is 0 Å². The van der Waals surface area contributed by atoms with Gasteiger partial charge in [0.05, 0.1) is 8.06 Å². The van der Waals surface area contributed by atoms with Crippen molar-refractivity contribution in [2.45, 2.75) is 24.1 Å². The van der Waals surface area contributed by atoms with Crippen LogP contribution in [0.2, 0.25) is 0 Å². The van der Waals surface area contributed by atoms with Crippen molar-refractivity contribution in [2.24, 2.45) is 0 Å². The molecule has 0 heterocycles. The van der Waals surface area contributed by atoms with Crippen molar-refractivity contribution in [1.29, 1.82) is 0 Å². The molecular formula is C5H5Br5. The van der Waals surface area contributed by atoms with E-state index in [1.165, 1.54) is 0 Å². The van der Waals surface area contributed by atoms with Crippen LogP contribution in [0, 0.1) is 0 Å². The molecule has 0 aliphatic heterocycles. The average molecular weight is 465 g/mol. The first-order valence-electron chi connectivity index (χ1n) is 2.75. The standard InChI is InChI=1S/C5H5Br5/c6-2-1-5(9,10)4(8)3(2)7/h2-4H,1H2. The van der Waals surface area contributed by atoms with Gasteiger partial charge in [-0.05, 0) is 6.42 Å². The maximum atomic E-state index is 3.60. The molecule has 0 bridgehead atoms. The number of hydrogen-bond acceptors (Lipinski definition) is 0. The van der Waals surface area contributed by atoms with Crippen LogP contribution in [0.1, 0.15) is 6.42 Å². The zero-order chi connectivity index (χ0) is 7.94. The van der Waals surface area contributed by atoms with Gasteiger partial charge in [-0.25, -0.2) is 0 Å². The van der Waals surface area contributed by atoms with E-state index in [1.54, 1.807) is 0 Å². The van der Waals surface area contributed by atoms with E-state index in [4.69, 9.17) is 0 Å². The third kappa shape index (κ3) is 2.01. The summed E-state index contributed by atoms with van der Waals surface area (Å²) in [4.78, 5) is 1.42. The Bertz CT molecular complexity index is 134. The number of rotatable bonds is 0. The lowest BCUT2D eigenvalue weighted by Crippen LogP contribution is -2.22. The van der Waals surface area contributed by atoms with Crippen molar-refractivity contribution < 1.29 is 0 Å². The molecule has 0 amide bonds. The Balaban J connectivity index is 2.71. The topological polar surface area (TPSA) is 0 Å². The molecule has 3 unspecified atom stereocenters. The summed E-state index contributed by atoms with van der Waals surface area (Å²) < 4.78 is 0.0440. The zero-order valence-electron chi connectivity index (χ0n) is 4.83. The van der Waals surface area contributed by atoms with Crippen molar-refractivity contribution in [3.05, 3.63) is 0 Å². The summed E-state index contributed by atoms with van der Waals surface area (Å²) in [5, 5.41) is 0. The van der Waals surface area contributed by atoms with E-state index >= 15 is 0 Å². The molecule has 1 fully saturated rings. The first kappa shape index (κ1) is 10.5. The van der Waals surface area contributed by atoms with Crippen molar-refractivity contribution >= 4 is 79.6 Å². The molecule has 1 rings (SSSR count). The molecule has 0 radical (unpaired) electrons. The maximum Gasteiger partial charge on any atom is 0.0952 e. The number of halogens is 5. The quantitative estimate of drug-likeness (QED) is 0.472. The van der Waals surface area contributed by atoms with Gasteiger partial charge in [0.1, 0.15) is 0 Å². The summed E-state index contributed by atoms with van der Waals surface area (Å²) >= 11 is 18.0. The molecule has 0 aromatic heterocycles. The number of hydrogen-bond donors (Lipinski definition) is 0. The Morgan fingerprint density at radius 1 is 1.10 bits per heavy atom. The van der Waals surface area contributed by atoms with Gasteiger partial charge in [-0.2, -0.15) is 0 Å². The highest BCUT2D eigenvalue weighted by Gasteiger charge is 2.47. The third-order valence-electron chi connectivity index (χ3n) is 1.50. The molecule has 3 atom stereocenters. The van der Waals surface area contributed by atoms with E-state index in [0.717, 1.165) is 6.42 Å². The first-order chi connectivity index (χ1) is 4.45. The van der Waals surface area contributed by atoms with Gasteiger partial charge >= 0.3 is 0 Å². The number of alkyl halides is 5. The zero-order valence-corrected chi connectivity index (χ0v) is 12.8. The van der Waals surface area contributed by atoms with Crippen LogP contribution in [0.4, 0.5) is 0 Å². The molecule has 0 aromatic carbocycles. The predicted octanol–water partition coefficient (Wildman–Crippen LogP) is 4.17. The van der Waals surface area contributed by atoms with Crippen LogP contribution < -0.4 is 0 Å². The van der Waals surface area contributed by atoms with E-state index in [2.05, 4.69) is 79.6 Å². The van der Waals surface area contributed by atoms with Crippen LogP contribution in [0.3, 0.4) is 0 Å². The summed E-state index contributed by atoms with van der Waals surface area (Å²) in [6.45, 7) is 0. The second-order valence-electron chi connectivity index (χ2n) is 2.33. The molecule has 0 saturated heterocycles. The lowest BCUT2D eigenvalue weighted by atomic mass is 10.4. The minimum Gasteiger partial charge on any atom is -0.0877 e. The maximum absolute atomic E-state index is 3.60. The van der Waals surface area contributed by atoms with Gasteiger partial charge in [0.2, 0.25) is 0 Å². The van der Waals surface area contributed by atoms with E-state index < -0.39 is 0 Å². The first-order valence-corrected chi connectivity index (χ1v) is 7.08. The van der Waals surface area contributed by atoms with Gasteiger partial charge in [-0.1, -0.05) is 79.6 Å². The Morgan fingerprint density at radius 2 is 1.60 bits per heavy atom. The van der Waals surface area contributed by atoms with Crippen molar-refractivity contribution in [3.8, 4) is 0 Å². The highest BCUT2D eigenvalue weighted by Crippen LogP contribution is 2.51. The highest BCUT2D eigenvalue weighted by molar-refractivity contribution is 9.26. The SMILES string of the molecule is BrC1CC(Br)(Br)C(Br)C1Br. The minimum atomic E-state index is 0.0440. The fraction of sp³-hybridized carbons (Fsp3) is 1.00. The van der Waals surface area contributed by atoms with Crippen molar-refractivity contribution in [3.63, 3.8) is 0 Å². The summed E-state index contributed by atoms with van der Waals surface area (Å²) in [7, 11) is 0. The summed E-state index contributed by atoms with van der Waals surface area (Å²) in [6.07, 6.45) is 1.07. The molecular weight excluding hydrogens is 460 g/mol. The molecule has 0 N–H and O–H groups in total. The normalized spacial score (nSPS) is 45.9. The van der Waals surface area contributed by atoms with Crippen molar-refractivity contribution in [2.75, 3.05) is 0 Å². The Hall–Kier alpha value is 2.40. The van der Waals surface area contributed by atoms with Crippen LogP contribution in [-0.2, 0) is 0 Å². The van der Waals surface area contributed by atoms with E-state index in [9.17, 15) is 0 Å². The molecule has 1 aliphatic rings. The third-order valence-corrected chi connectivity index (χ3v) is 9.19. The van der Waals surface area contributed by atoms with Crippen LogP contribution in [0.25, 0.3) is 0 Å². The molecule has 5 heteroatoms. The Labute approximate surface area is 103 Å². The second kappa shape index (κ2) is 3.64. The summed E-state index contributed by atoms with van der Waals surface area (Å²) in [6, 6.07) is 0. The largest absolute Gasteiger partial charge is 0.0952 e. The Morgan fingerprint density at radius 3 is 1.70 bits per heavy atom. The average Bonchev–Trinajstić information content (AvgIpc) is 1.95. The van der Waals surface area contributed by atoms with Gasteiger partial charge in [0, 0.05) is 9.65 Å². The molecule has 1 saturated carbocycles. The van der Waals surface area contributed by atoms with Crippen molar-refractivity contribution in [1.82, 2.24) is 0 Å². The van der Waals surface area contributed by atoms with Crippen LogP contribution in [0.15, 0.2) is 0 Å². The lowest BCUT2D eigenvalue weighted by Gasteiger charge is -2.17. The smallest absolute Gasteiger partial charge is 0.0877 e. The van der Waals surface area contributed by atoms with E-state index in [0.29, 0.717) is 14.5 Å². The summed E-state index contributed by atoms with van der Waals surface area (Å²) in [5.41, 5.74) is 0. The van der Waals surface area contributed by atoms with Gasteiger partial charge in [0.25, 0.3) is 0 Å². The molecule has 0 aromatic rings. The lowest BCUT2D eigenvalue weighted by molar-refractivity contribution is 0.905. The molecule has 10 heavy (non-hydrogen) atoms. The monoisotopic (exact) mass is 460 g/mol. The molecule has 0 nitrogen and oxygen atoms in total. The van der Waals surface area contributed by atoms with Gasteiger partial charge in [0.15, 0.2) is 0 Å². The molecule has 1 aliphatic carbocycles. The Kier molecular flexibility index (Phi) is 3.82. The van der Waals surface area contributed by atoms with Crippen LogP contribution in [-0.4, -0.2) is 17.7 Å². The van der Waals surface area contributed by atoms with Crippen LogP contribution >= 0.6 is 79.6 Å². The highest BCUT2D eigenvalue weighted by atomic mass is 79.9. The van der Waals surface area contributed by atoms with E-state index in [1.807, 2.05) is 0 Å². The molecule has 60 valence electrons. The second-order valence-corrected chi connectivity index (χ2v) is 9.44. The van der Waals surface area contributed by atoms with Gasteiger partial charge in [-0.3, -0.25) is 0 Å². The van der Waals surface area contributed by atoms with E-state index in [-0.39, 0.29) is 3.23 Å². The van der Waals surface area contributed by atoms with Gasteiger partial charge in [-0.15, -0.1) is 0 Å².